The van der Waals surface area contributed by atoms with Crippen LogP contribution in [0.3, 0.4) is 0 Å². The highest BCUT2D eigenvalue weighted by molar-refractivity contribution is 7.13. The summed E-state index contributed by atoms with van der Waals surface area (Å²) in [5.74, 6) is 1.39. The number of hydrogen-bond acceptors (Lipinski definition) is 5. The first-order valence-corrected chi connectivity index (χ1v) is 9.12. The van der Waals surface area contributed by atoms with Gasteiger partial charge >= 0.3 is 0 Å². The number of benzene rings is 1. The smallest absolute Gasteiger partial charge is 0.293 e. The van der Waals surface area contributed by atoms with Gasteiger partial charge in [-0.2, -0.15) is 0 Å². The first-order valence-electron chi connectivity index (χ1n) is 8.24. The molecule has 128 valence electrons. The van der Waals surface area contributed by atoms with Crippen LogP contribution >= 0.6 is 11.3 Å². The fraction of sp³-hybridized carbons (Fsp3) is 0.263. The lowest BCUT2D eigenvalue weighted by Crippen LogP contribution is -2.10. The van der Waals surface area contributed by atoms with Crippen LogP contribution in [0.25, 0.3) is 0 Å². The third kappa shape index (κ3) is 3.58. The van der Waals surface area contributed by atoms with E-state index in [1.165, 1.54) is 28.9 Å². The van der Waals surface area contributed by atoms with E-state index in [0.717, 1.165) is 24.3 Å². The van der Waals surface area contributed by atoms with Crippen molar-refractivity contribution in [3.05, 3.63) is 64.1 Å². The molecule has 0 fully saturated rings. The number of anilines is 1. The zero-order valence-electron chi connectivity index (χ0n) is 13.9. The van der Waals surface area contributed by atoms with Crippen molar-refractivity contribution >= 4 is 22.4 Å². The number of rotatable bonds is 5. The summed E-state index contributed by atoms with van der Waals surface area (Å²) in [7, 11) is 0. The molecule has 1 aromatic carbocycles. The van der Waals surface area contributed by atoms with Crippen LogP contribution in [0, 0.1) is 6.92 Å². The highest BCUT2D eigenvalue weighted by Crippen LogP contribution is 2.26. The SMILES string of the molecule is Cc1csc(NC(=O)c2ccc(COc3ccc4c(c3)CCC4)o2)n1. The Morgan fingerprint density at radius 2 is 2.16 bits per heavy atom. The van der Waals surface area contributed by atoms with Crippen LogP contribution in [-0.4, -0.2) is 10.9 Å². The van der Waals surface area contributed by atoms with Gasteiger partial charge in [-0.05, 0) is 61.6 Å². The summed E-state index contributed by atoms with van der Waals surface area (Å²) in [6.07, 6.45) is 3.49. The van der Waals surface area contributed by atoms with Gasteiger partial charge in [0.15, 0.2) is 10.9 Å². The number of aromatic nitrogens is 1. The highest BCUT2D eigenvalue weighted by atomic mass is 32.1. The van der Waals surface area contributed by atoms with Gasteiger partial charge < -0.3 is 9.15 Å². The molecule has 1 N–H and O–H groups in total. The van der Waals surface area contributed by atoms with Crippen molar-refractivity contribution in [1.82, 2.24) is 4.98 Å². The molecule has 0 atom stereocenters. The van der Waals surface area contributed by atoms with Crippen molar-refractivity contribution in [3.8, 4) is 5.75 Å². The predicted molar refractivity (Wildman–Crippen MR) is 96.3 cm³/mol. The fourth-order valence-electron chi connectivity index (χ4n) is 2.94. The van der Waals surface area contributed by atoms with Crippen LogP contribution in [0.15, 0.2) is 40.1 Å². The molecule has 6 heteroatoms. The van der Waals surface area contributed by atoms with Crippen LogP contribution in [0.4, 0.5) is 5.13 Å². The molecule has 0 radical (unpaired) electrons. The molecule has 0 spiro atoms. The number of nitrogens with zero attached hydrogens (tertiary/aromatic N) is 1. The molecule has 4 rings (SSSR count). The van der Waals surface area contributed by atoms with Crippen LogP contribution in [0.2, 0.25) is 0 Å². The second-order valence-electron chi connectivity index (χ2n) is 6.09. The lowest BCUT2D eigenvalue weighted by molar-refractivity contribution is 0.0992. The van der Waals surface area contributed by atoms with Gasteiger partial charge in [0.2, 0.25) is 0 Å². The van der Waals surface area contributed by atoms with Crippen molar-refractivity contribution in [1.29, 1.82) is 0 Å². The van der Waals surface area contributed by atoms with E-state index in [1.54, 1.807) is 12.1 Å². The molecule has 0 aliphatic heterocycles. The Morgan fingerprint density at radius 1 is 1.28 bits per heavy atom. The van der Waals surface area contributed by atoms with E-state index in [1.807, 2.05) is 18.4 Å². The second kappa shape index (κ2) is 6.72. The van der Waals surface area contributed by atoms with E-state index in [9.17, 15) is 4.79 Å². The number of nitrogens with one attached hydrogen (secondary N) is 1. The Bertz CT molecular complexity index is 913. The maximum Gasteiger partial charge on any atom is 0.293 e. The summed E-state index contributed by atoms with van der Waals surface area (Å²) in [4.78, 5) is 16.4. The average Bonchev–Trinajstić information content (AvgIpc) is 3.33. The van der Waals surface area contributed by atoms with Gasteiger partial charge in [-0.15, -0.1) is 11.3 Å². The molecule has 1 aliphatic rings. The average molecular weight is 354 g/mol. The van der Waals surface area contributed by atoms with Crippen molar-refractivity contribution < 1.29 is 13.9 Å². The van der Waals surface area contributed by atoms with E-state index < -0.39 is 0 Å². The molecule has 2 heterocycles. The van der Waals surface area contributed by atoms with Crippen molar-refractivity contribution in [3.63, 3.8) is 0 Å². The Balaban J connectivity index is 1.37. The number of thiazole rings is 1. The molecule has 2 aromatic heterocycles. The Morgan fingerprint density at radius 3 is 3.00 bits per heavy atom. The normalized spacial score (nSPS) is 12.8. The van der Waals surface area contributed by atoms with Gasteiger partial charge in [0, 0.05) is 5.38 Å². The number of furan rings is 1. The number of fused-ring (bicyclic) bond motifs is 1. The highest BCUT2D eigenvalue weighted by Gasteiger charge is 2.14. The summed E-state index contributed by atoms with van der Waals surface area (Å²) in [5.41, 5.74) is 3.67. The van der Waals surface area contributed by atoms with Gasteiger partial charge in [-0.1, -0.05) is 6.07 Å². The molecule has 1 aliphatic carbocycles. The van der Waals surface area contributed by atoms with Gasteiger partial charge in [0.05, 0.1) is 5.69 Å². The molecule has 0 saturated heterocycles. The lowest BCUT2D eigenvalue weighted by atomic mass is 10.1. The minimum atomic E-state index is -0.307. The van der Waals surface area contributed by atoms with Crippen molar-refractivity contribution in [2.24, 2.45) is 0 Å². The lowest BCUT2D eigenvalue weighted by Gasteiger charge is -2.06. The number of ether oxygens (including phenoxy) is 1. The Hall–Kier alpha value is -2.60. The molecule has 1 amide bonds. The van der Waals surface area contributed by atoms with Gasteiger partial charge in [0.1, 0.15) is 18.1 Å². The second-order valence-corrected chi connectivity index (χ2v) is 6.94. The number of hydrogen-bond donors (Lipinski definition) is 1. The summed E-state index contributed by atoms with van der Waals surface area (Å²) >= 11 is 1.39. The number of aryl methyl sites for hydroxylation is 3. The molecule has 5 nitrogen and oxygen atoms in total. The zero-order valence-corrected chi connectivity index (χ0v) is 14.7. The Kier molecular flexibility index (Phi) is 4.28. The summed E-state index contributed by atoms with van der Waals surface area (Å²) in [5, 5.41) is 5.18. The van der Waals surface area contributed by atoms with E-state index in [-0.39, 0.29) is 11.7 Å². The van der Waals surface area contributed by atoms with E-state index >= 15 is 0 Å². The maximum absolute atomic E-state index is 12.2. The third-order valence-corrected chi connectivity index (χ3v) is 5.05. The van der Waals surface area contributed by atoms with Crippen molar-refractivity contribution in [2.75, 3.05) is 5.32 Å². The topological polar surface area (TPSA) is 64.4 Å². The predicted octanol–water partition coefficient (Wildman–Crippen LogP) is 4.36. The molecule has 25 heavy (non-hydrogen) atoms. The van der Waals surface area contributed by atoms with Crippen LogP contribution in [0.1, 0.15) is 39.6 Å². The minimum absolute atomic E-state index is 0.250. The first kappa shape index (κ1) is 15.9. The van der Waals surface area contributed by atoms with Crippen LogP contribution in [-0.2, 0) is 19.4 Å². The standard InChI is InChI=1S/C19H18N2O3S/c1-12-11-25-19(20-12)21-18(22)17-8-7-16(24-17)10-23-15-6-5-13-3-2-4-14(13)9-15/h5-9,11H,2-4,10H2,1H3,(H,20,21,22). The van der Waals surface area contributed by atoms with E-state index in [0.29, 0.717) is 17.5 Å². The van der Waals surface area contributed by atoms with Crippen LogP contribution in [0.5, 0.6) is 5.75 Å². The van der Waals surface area contributed by atoms with Gasteiger partial charge in [-0.3, -0.25) is 10.1 Å². The summed E-state index contributed by atoms with van der Waals surface area (Å²) < 4.78 is 11.4. The molecule has 0 unspecified atom stereocenters. The molecule has 0 saturated carbocycles. The van der Waals surface area contributed by atoms with Crippen LogP contribution < -0.4 is 10.1 Å². The summed E-state index contributed by atoms with van der Waals surface area (Å²) in [6.45, 7) is 2.18. The molecular formula is C19H18N2O3S. The van der Waals surface area contributed by atoms with E-state index in [4.69, 9.17) is 9.15 Å². The Labute approximate surface area is 149 Å². The molecular weight excluding hydrogens is 336 g/mol. The van der Waals surface area contributed by atoms with E-state index in [2.05, 4.69) is 22.4 Å². The maximum atomic E-state index is 12.2. The monoisotopic (exact) mass is 354 g/mol. The first-order chi connectivity index (χ1) is 12.2. The van der Waals surface area contributed by atoms with Gasteiger partial charge in [0.25, 0.3) is 5.91 Å². The molecule has 0 bridgehead atoms. The number of carbonyl (C=O) groups is 1. The quantitative estimate of drug-likeness (QED) is 0.739. The zero-order chi connectivity index (χ0) is 17.2. The van der Waals surface area contributed by atoms with Crippen molar-refractivity contribution in [2.45, 2.75) is 32.8 Å². The molecule has 3 aromatic rings. The number of carbonyl (C=O) groups excluding carboxylic acids is 1. The summed E-state index contributed by atoms with van der Waals surface area (Å²) in [6, 6.07) is 9.64. The number of amides is 1. The van der Waals surface area contributed by atoms with Gasteiger partial charge in [-0.25, -0.2) is 4.98 Å². The minimum Gasteiger partial charge on any atom is -0.486 e. The third-order valence-electron chi connectivity index (χ3n) is 4.18. The fourth-order valence-corrected chi connectivity index (χ4v) is 3.62. The largest absolute Gasteiger partial charge is 0.486 e.